The van der Waals surface area contributed by atoms with E-state index in [0.717, 1.165) is 0 Å². The van der Waals surface area contributed by atoms with Gasteiger partial charge in [0.05, 0.1) is 23.8 Å². The summed E-state index contributed by atoms with van der Waals surface area (Å²) in [6, 6.07) is 16.0. The molecule has 0 saturated heterocycles. The number of aromatic nitrogens is 2. The van der Waals surface area contributed by atoms with E-state index in [1.165, 1.54) is 10.9 Å². The minimum absolute atomic E-state index is 0.000676. The second kappa shape index (κ2) is 5.09. The molecule has 0 amide bonds. The lowest BCUT2D eigenvalue weighted by atomic mass is 10.1. The Morgan fingerprint density at radius 2 is 1.70 bits per heavy atom. The number of carbonyl (C=O) groups is 1. The summed E-state index contributed by atoms with van der Waals surface area (Å²) >= 11 is 0. The maximum atomic E-state index is 12.3. The van der Waals surface area contributed by atoms with Gasteiger partial charge in [0.25, 0.3) is 5.56 Å². The highest BCUT2D eigenvalue weighted by Gasteiger charge is 2.09. The van der Waals surface area contributed by atoms with Gasteiger partial charge in [-0.15, -0.1) is 0 Å². The molecule has 0 unspecified atom stereocenters. The lowest BCUT2D eigenvalue weighted by molar-refractivity contribution is 0.0970. The highest BCUT2D eigenvalue weighted by molar-refractivity contribution is 5.95. The van der Waals surface area contributed by atoms with Gasteiger partial charge in [-0.05, 0) is 12.1 Å². The molecule has 3 rings (SSSR count). The number of carbonyl (C=O) groups excluding carboxylic acids is 1. The minimum atomic E-state index is -0.195. The van der Waals surface area contributed by atoms with Crippen LogP contribution in [0.5, 0.6) is 0 Å². The second-order valence-electron chi connectivity index (χ2n) is 4.48. The summed E-state index contributed by atoms with van der Waals surface area (Å²) < 4.78 is 1.34. The van der Waals surface area contributed by atoms with Gasteiger partial charge in [0.1, 0.15) is 0 Å². The first kappa shape index (κ1) is 12.3. The van der Waals surface area contributed by atoms with Crippen LogP contribution in [0.25, 0.3) is 10.9 Å². The third kappa shape index (κ3) is 2.23. The zero-order valence-electron chi connectivity index (χ0n) is 10.7. The number of benzene rings is 2. The topological polar surface area (TPSA) is 52.0 Å². The van der Waals surface area contributed by atoms with E-state index in [-0.39, 0.29) is 17.9 Å². The maximum absolute atomic E-state index is 12.3. The fourth-order valence-corrected chi connectivity index (χ4v) is 2.09. The number of ketones is 1. The van der Waals surface area contributed by atoms with Crippen LogP contribution in [0.15, 0.2) is 65.7 Å². The molecule has 98 valence electrons. The summed E-state index contributed by atoms with van der Waals surface area (Å²) in [5.41, 5.74) is 1.04. The second-order valence-corrected chi connectivity index (χ2v) is 4.48. The molecule has 0 aliphatic carbocycles. The van der Waals surface area contributed by atoms with Gasteiger partial charge in [-0.1, -0.05) is 42.5 Å². The molecular formula is C16H12N2O2. The van der Waals surface area contributed by atoms with Crippen LogP contribution in [0, 0.1) is 0 Å². The highest BCUT2D eigenvalue weighted by Crippen LogP contribution is 2.06. The molecule has 1 heterocycles. The predicted octanol–water partition coefficient (Wildman–Crippen LogP) is 2.28. The largest absolute Gasteiger partial charge is 0.292 e. The summed E-state index contributed by atoms with van der Waals surface area (Å²) in [7, 11) is 0. The lowest BCUT2D eigenvalue weighted by Gasteiger charge is -2.05. The van der Waals surface area contributed by atoms with Crippen LogP contribution in [-0.4, -0.2) is 15.3 Å². The third-order valence-corrected chi connectivity index (χ3v) is 3.14. The van der Waals surface area contributed by atoms with Crippen molar-refractivity contribution in [2.75, 3.05) is 0 Å². The van der Waals surface area contributed by atoms with Gasteiger partial charge in [0.2, 0.25) is 0 Å². The molecule has 0 bridgehead atoms. The van der Waals surface area contributed by atoms with E-state index < -0.39 is 0 Å². The van der Waals surface area contributed by atoms with Crippen molar-refractivity contribution in [3.05, 3.63) is 76.8 Å². The number of para-hydroxylation sites is 1. The van der Waals surface area contributed by atoms with Crippen molar-refractivity contribution in [3.8, 4) is 0 Å². The van der Waals surface area contributed by atoms with Gasteiger partial charge < -0.3 is 0 Å². The van der Waals surface area contributed by atoms with Gasteiger partial charge in [-0.25, -0.2) is 4.98 Å². The average Bonchev–Trinajstić information content (AvgIpc) is 2.51. The first-order chi connectivity index (χ1) is 9.75. The molecule has 2 aromatic carbocycles. The number of nitrogens with zero attached hydrogens (tertiary/aromatic N) is 2. The van der Waals surface area contributed by atoms with Gasteiger partial charge in [0, 0.05) is 5.56 Å². The molecule has 0 saturated carbocycles. The molecule has 0 spiro atoms. The summed E-state index contributed by atoms with van der Waals surface area (Å²) in [5.74, 6) is -0.107. The van der Waals surface area contributed by atoms with Crippen molar-refractivity contribution >= 4 is 16.7 Å². The Labute approximate surface area is 115 Å². The molecule has 20 heavy (non-hydrogen) atoms. The average molecular weight is 264 g/mol. The van der Waals surface area contributed by atoms with E-state index in [2.05, 4.69) is 4.98 Å². The molecule has 0 N–H and O–H groups in total. The highest BCUT2D eigenvalue weighted by atomic mass is 16.1. The number of fused-ring (bicyclic) bond motifs is 1. The van der Waals surface area contributed by atoms with E-state index in [1.807, 2.05) is 12.1 Å². The van der Waals surface area contributed by atoms with Gasteiger partial charge in [-0.2, -0.15) is 0 Å². The van der Waals surface area contributed by atoms with Crippen LogP contribution in [-0.2, 0) is 6.54 Å². The maximum Gasteiger partial charge on any atom is 0.261 e. The lowest BCUT2D eigenvalue weighted by Crippen LogP contribution is -2.24. The number of rotatable bonds is 3. The van der Waals surface area contributed by atoms with Crippen molar-refractivity contribution in [1.82, 2.24) is 9.55 Å². The SMILES string of the molecule is O=C(Cn1cnc2ccccc2c1=O)c1ccccc1. The molecular weight excluding hydrogens is 252 g/mol. The van der Waals surface area contributed by atoms with Crippen molar-refractivity contribution in [3.63, 3.8) is 0 Å². The first-order valence-corrected chi connectivity index (χ1v) is 6.28. The van der Waals surface area contributed by atoms with E-state index in [4.69, 9.17) is 0 Å². The van der Waals surface area contributed by atoms with Crippen LogP contribution >= 0.6 is 0 Å². The van der Waals surface area contributed by atoms with Crippen LogP contribution < -0.4 is 5.56 Å². The molecule has 1 aromatic heterocycles. The quantitative estimate of drug-likeness (QED) is 0.682. The van der Waals surface area contributed by atoms with Crippen molar-refractivity contribution in [2.45, 2.75) is 6.54 Å². The van der Waals surface area contributed by atoms with E-state index in [9.17, 15) is 9.59 Å². The fourth-order valence-electron chi connectivity index (χ4n) is 2.09. The third-order valence-electron chi connectivity index (χ3n) is 3.14. The normalized spacial score (nSPS) is 10.6. The molecule has 3 aromatic rings. The Morgan fingerprint density at radius 3 is 2.50 bits per heavy atom. The summed E-state index contributed by atoms with van der Waals surface area (Å²) in [6.07, 6.45) is 1.42. The standard InChI is InChI=1S/C16H12N2O2/c19-15(12-6-2-1-3-7-12)10-18-11-17-14-9-5-4-8-13(14)16(18)20/h1-9,11H,10H2. The zero-order chi connectivity index (χ0) is 13.9. The van der Waals surface area contributed by atoms with Crippen molar-refractivity contribution in [1.29, 1.82) is 0 Å². The van der Waals surface area contributed by atoms with Crippen LogP contribution in [0.3, 0.4) is 0 Å². The minimum Gasteiger partial charge on any atom is -0.292 e. The smallest absolute Gasteiger partial charge is 0.261 e. The summed E-state index contributed by atoms with van der Waals surface area (Å²) in [6.45, 7) is 0.000676. The Kier molecular flexibility index (Phi) is 3.13. The molecule has 0 atom stereocenters. The number of Topliss-reactive ketones (excluding diaryl/α,β-unsaturated/α-hetero) is 1. The summed E-state index contributed by atoms with van der Waals surface area (Å²) in [5, 5.41) is 0.524. The molecule has 0 fully saturated rings. The molecule has 0 aliphatic rings. The fraction of sp³-hybridized carbons (Fsp3) is 0.0625. The molecule has 4 heteroatoms. The monoisotopic (exact) mass is 264 g/mol. The van der Waals surface area contributed by atoms with Crippen LogP contribution in [0.4, 0.5) is 0 Å². The van der Waals surface area contributed by atoms with Crippen LogP contribution in [0.1, 0.15) is 10.4 Å². The Morgan fingerprint density at radius 1 is 1.00 bits per heavy atom. The predicted molar refractivity (Wildman–Crippen MR) is 76.8 cm³/mol. The zero-order valence-corrected chi connectivity index (χ0v) is 10.7. The first-order valence-electron chi connectivity index (χ1n) is 6.28. The Hall–Kier alpha value is -2.75. The van der Waals surface area contributed by atoms with Gasteiger partial charge in [-0.3, -0.25) is 14.2 Å². The van der Waals surface area contributed by atoms with Crippen molar-refractivity contribution < 1.29 is 4.79 Å². The van der Waals surface area contributed by atoms with Crippen LogP contribution in [0.2, 0.25) is 0 Å². The molecule has 0 radical (unpaired) electrons. The number of hydrogen-bond donors (Lipinski definition) is 0. The Balaban J connectivity index is 1.98. The number of hydrogen-bond acceptors (Lipinski definition) is 3. The Bertz CT molecular complexity index is 823. The molecule has 0 aliphatic heterocycles. The van der Waals surface area contributed by atoms with E-state index >= 15 is 0 Å². The van der Waals surface area contributed by atoms with E-state index in [0.29, 0.717) is 16.5 Å². The van der Waals surface area contributed by atoms with Crippen molar-refractivity contribution in [2.24, 2.45) is 0 Å². The molecule has 4 nitrogen and oxygen atoms in total. The van der Waals surface area contributed by atoms with Gasteiger partial charge in [0.15, 0.2) is 5.78 Å². The van der Waals surface area contributed by atoms with Gasteiger partial charge >= 0.3 is 0 Å². The van der Waals surface area contributed by atoms with E-state index in [1.54, 1.807) is 42.5 Å². The summed E-state index contributed by atoms with van der Waals surface area (Å²) in [4.78, 5) is 28.6.